The number of halogens is 2. The van der Waals surface area contributed by atoms with E-state index in [4.69, 9.17) is 10.5 Å². The predicted octanol–water partition coefficient (Wildman–Crippen LogP) is 2.84. The van der Waals surface area contributed by atoms with Gasteiger partial charge in [-0.05, 0) is 23.3 Å². The van der Waals surface area contributed by atoms with Gasteiger partial charge in [-0.2, -0.15) is 0 Å². The zero-order valence-electron chi connectivity index (χ0n) is 15.2. The number of hydrogen-bond donors (Lipinski definition) is 2. The fourth-order valence-electron chi connectivity index (χ4n) is 3.03. The van der Waals surface area contributed by atoms with Gasteiger partial charge in [0.1, 0.15) is 0 Å². The van der Waals surface area contributed by atoms with Gasteiger partial charge in [-0.3, -0.25) is 9.69 Å². The molecule has 1 aliphatic rings. The Bertz CT molecular complexity index is 677. The normalized spacial score (nSPS) is 15.1. The number of carbonyl (C=O) groups is 1. The number of benzene rings is 2. The Balaban J connectivity index is 0.00000182. The lowest BCUT2D eigenvalue weighted by atomic mass is 10.0. The summed E-state index contributed by atoms with van der Waals surface area (Å²) in [6.07, 6.45) is 0.354. The number of hydrogen-bond acceptors (Lipinski definition) is 4. The molecule has 3 N–H and O–H groups in total. The van der Waals surface area contributed by atoms with Crippen molar-refractivity contribution in [3.63, 3.8) is 0 Å². The minimum Gasteiger partial charge on any atom is -0.399 e. The monoisotopic (exact) mass is 411 g/mol. The van der Waals surface area contributed by atoms with E-state index in [0.717, 1.165) is 44.0 Å². The summed E-state index contributed by atoms with van der Waals surface area (Å²) in [7, 11) is 0. The predicted molar refractivity (Wildman–Crippen MR) is 114 cm³/mol. The zero-order valence-corrected chi connectivity index (χ0v) is 16.8. The van der Waals surface area contributed by atoms with Gasteiger partial charge in [-0.25, -0.2) is 0 Å². The Kier molecular flexibility index (Phi) is 10.2. The van der Waals surface area contributed by atoms with Crippen molar-refractivity contribution in [2.24, 2.45) is 0 Å². The molecule has 0 spiro atoms. The molecule has 2 aromatic carbocycles. The summed E-state index contributed by atoms with van der Waals surface area (Å²) < 4.78 is 5.42. The maximum absolute atomic E-state index is 12.5. The van der Waals surface area contributed by atoms with E-state index in [2.05, 4.69) is 22.3 Å². The molecule has 1 heterocycles. The molecule has 27 heavy (non-hydrogen) atoms. The second-order valence-corrected chi connectivity index (χ2v) is 6.36. The van der Waals surface area contributed by atoms with E-state index in [1.807, 2.05) is 42.5 Å². The first-order chi connectivity index (χ1) is 12.2. The molecule has 1 unspecified atom stereocenters. The number of nitrogen functional groups attached to an aromatic ring is 1. The third kappa shape index (κ3) is 7.39. The summed E-state index contributed by atoms with van der Waals surface area (Å²) in [6.45, 7) is 4.09. The molecule has 0 aromatic heterocycles. The highest BCUT2D eigenvalue weighted by molar-refractivity contribution is 5.85. The largest absolute Gasteiger partial charge is 0.399 e. The van der Waals surface area contributed by atoms with Crippen LogP contribution >= 0.6 is 24.8 Å². The quantitative estimate of drug-likeness (QED) is 0.717. The zero-order chi connectivity index (χ0) is 17.5. The number of nitrogens with two attached hydrogens (primary N) is 1. The van der Waals surface area contributed by atoms with Gasteiger partial charge in [0.2, 0.25) is 5.91 Å². The Morgan fingerprint density at radius 3 is 2.30 bits per heavy atom. The van der Waals surface area contributed by atoms with Crippen LogP contribution in [0.1, 0.15) is 17.2 Å². The van der Waals surface area contributed by atoms with Crippen molar-refractivity contribution in [2.75, 3.05) is 38.6 Å². The van der Waals surface area contributed by atoms with Crippen LogP contribution in [0.25, 0.3) is 0 Å². The van der Waals surface area contributed by atoms with Crippen LogP contribution in [0.15, 0.2) is 54.6 Å². The minimum atomic E-state index is -0.0272. The van der Waals surface area contributed by atoms with Gasteiger partial charge < -0.3 is 15.8 Å². The first-order valence-corrected chi connectivity index (χ1v) is 8.69. The molecule has 0 saturated carbocycles. The van der Waals surface area contributed by atoms with E-state index >= 15 is 0 Å². The van der Waals surface area contributed by atoms with E-state index in [1.54, 1.807) is 0 Å². The Morgan fingerprint density at radius 2 is 1.67 bits per heavy atom. The van der Waals surface area contributed by atoms with Crippen LogP contribution in [0.2, 0.25) is 0 Å². The summed E-state index contributed by atoms with van der Waals surface area (Å²) >= 11 is 0. The lowest BCUT2D eigenvalue weighted by molar-refractivity contribution is -0.121. The molecular weight excluding hydrogens is 385 g/mol. The lowest BCUT2D eigenvalue weighted by Crippen LogP contribution is -2.43. The third-order valence-electron chi connectivity index (χ3n) is 4.43. The Hall–Kier alpha value is -1.79. The smallest absolute Gasteiger partial charge is 0.224 e. The average Bonchev–Trinajstić information content (AvgIpc) is 2.65. The number of nitrogens with one attached hydrogen (secondary N) is 1. The highest BCUT2D eigenvalue weighted by Crippen LogP contribution is 2.16. The van der Waals surface area contributed by atoms with Gasteiger partial charge in [0, 0.05) is 25.3 Å². The average molecular weight is 412 g/mol. The second kappa shape index (κ2) is 11.8. The molecule has 0 bridgehead atoms. The van der Waals surface area contributed by atoms with E-state index in [9.17, 15) is 4.79 Å². The Morgan fingerprint density at radius 1 is 1.04 bits per heavy atom. The fraction of sp³-hybridized carbons (Fsp3) is 0.350. The maximum Gasteiger partial charge on any atom is 0.224 e. The molecule has 1 saturated heterocycles. The van der Waals surface area contributed by atoms with E-state index in [0.29, 0.717) is 12.1 Å². The van der Waals surface area contributed by atoms with Crippen LogP contribution < -0.4 is 11.1 Å². The van der Waals surface area contributed by atoms with Crippen LogP contribution in [0, 0.1) is 0 Å². The van der Waals surface area contributed by atoms with Crippen LogP contribution in [0.3, 0.4) is 0 Å². The first kappa shape index (κ1) is 23.2. The van der Waals surface area contributed by atoms with Gasteiger partial charge in [0.25, 0.3) is 0 Å². The number of ether oxygens (including phenoxy) is 1. The van der Waals surface area contributed by atoms with Crippen LogP contribution in [0.4, 0.5) is 5.69 Å². The van der Waals surface area contributed by atoms with Gasteiger partial charge in [-0.15, -0.1) is 24.8 Å². The molecule has 5 nitrogen and oxygen atoms in total. The van der Waals surface area contributed by atoms with Crippen LogP contribution in [-0.4, -0.2) is 43.7 Å². The number of carbonyl (C=O) groups excluding carboxylic acids is 1. The summed E-state index contributed by atoms with van der Waals surface area (Å²) in [6, 6.07) is 17.6. The van der Waals surface area contributed by atoms with Crippen LogP contribution in [-0.2, 0) is 16.0 Å². The topological polar surface area (TPSA) is 67.6 Å². The standard InChI is InChI=1S/C20H25N3O2.2ClH/c21-18-8-6-16(7-9-18)14-20(24)22-19(17-4-2-1-3-5-17)15-23-10-12-25-13-11-23;;/h1-9,19H,10-15,21H2,(H,22,24);2*1H. The number of nitrogens with zero attached hydrogens (tertiary/aromatic N) is 1. The van der Waals surface area contributed by atoms with Crippen molar-refractivity contribution < 1.29 is 9.53 Å². The van der Waals surface area contributed by atoms with Crippen molar-refractivity contribution in [1.82, 2.24) is 10.2 Å². The summed E-state index contributed by atoms with van der Waals surface area (Å²) in [5.74, 6) is 0.0203. The number of anilines is 1. The van der Waals surface area contributed by atoms with Gasteiger partial charge in [0.15, 0.2) is 0 Å². The van der Waals surface area contributed by atoms with Crippen molar-refractivity contribution in [2.45, 2.75) is 12.5 Å². The molecule has 1 fully saturated rings. The molecule has 7 heteroatoms. The van der Waals surface area contributed by atoms with E-state index in [1.165, 1.54) is 0 Å². The van der Waals surface area contributed by atoms with Gasteiger partial charge in [0.05, 0.1) is 25.7 Å². The van der Waals surface area contributed by atoms with E-state index in [-0.39, 0.29) is 36.8 Å². The summed E-state index contributed by atoms with van der Waals surface area (Å²) in [5, 5.41) is 3.19. The SMILES string of the molecule is Cl.Cl.Nc1ccc(CC(=O)NC(CN2CCOCC2)c2ccccc2)cc1. The minimum absolute atomic E-state index is 0. The van der Waals surface area contributed by atoms with Gasteiger partial charge >= 0.3 is 0 Å². The lowest BCUT2D eigenvalue weighted by Gasteiger charge is -2.31. The molecular formula is C20H27Cl2N3O2. The molecule has 1 amide bonds. The van der Waals surface area contributed by atoms with Crippen molar-refractivity contribution in [3.05, 3.63) is 65.7 Å². The molecule has 3 rings (SSSR count). The summed E-state index contributed by atoms with van der Waals surface area (Å²) in [4.78, 5) is 14.9. The number of rotatable bonds is 6. The highest BCUT2D eigenvalue weighted by atomic mass is 35.5. The first-order valence-electron chi connectivity index (χ1n) is 8.69. The molecule has 1 atom stereocenters. The molecule has 1 aliphatic heterocycles. The molecule has 0 aliphatic carbocycles. The molecule has 148 valence electrons. The van der Waals surface area contributed by atoms with Gasteiger partial charge in [-0.1, -0.05) is 42.5 Å². The van der Waals surface area contributed by atoms with Crippen molar-refractivity contribution >= 4 is 36.4 Å². The van der Waals surface area contributed by atoms with Crippen molar-refractivity contribution in [1.29, 1.82) is 0 Å². The maximum atomic E-state index is 12.5. The molecule has 2 aromatic rings. The van der Waals surface area contributed by atoms with E-state index < -0.39 is 0 Å². The molecule has 0 radical (unpaired) electrons. The third-order valence-corrected chi connectivity index (χ3v) is 4.43. The highest BCUT2D eigenvalue weighted by Gasteiger charge is 2.20. The fourth-order valence-corrected chi connectivity index (χ4v) is 3.03. The Labute approximate surface area is 173 Å². The number of morpholine rings is 1. The van der Waals surface area contributed by atoms with Crippen molar-refractivity contribution in [3.8, 4) is 0 Å². The van der Waals surface area contributed by atoms with Crippen LogP contribution in [0.5, 0.6) is 0 Å². The number of amides is 1. The summed E-state index contributed by atoms with van der Waals surface area (Å²) in [5.41, 5.74) is 8.50. The second-order valence-electron chi connectivity index (χ2n) is 6.36.